The number of aryl methyl sites for hydroxylation is 2. The molecule has 3 N–H and O–H groups in total. The third kappa shape index (κ3) is 3.75. The average molecular weight is 336 g/mol. The Labute approximate surface area is 146 Å². The summed E-state index contributed by atoms with van der Waals surface area (Å²) in [6.45, 7) is 3.89. The third-order valence-electron chi connectivity index (χ3n) is 3.95. The van der Waals surface area contributed by atoms with Crippen molar-refractivity contribution < 1.29 is 9.63 Å². The molecule has 6 nitrogen and oxygen atoms in total. The van der Waals surface area contributed by atoms with Crippen molar-refractivity contribution in [2.45, 2.75) is 20.3 Å². The van der Waals surface area contributed by atoms with E-state index in [4.69, 9.17) is 15.4 Å². The zero-order valence-corrected chi connectivity index (χ0v) is 14.2. The molecule has 1 aromatic carbocycles. The summed E-state index contributed by atoms with van der Waals surface area (Å²) < 4.78 is 5.21. The molecule has 0 radical (unpaired) electrons. The van der Waals surface area contributed by atoms with Crippen molar-refractivity contribution in [1.82, 2.24) is 10.1 Å². The Morgan fingerprint density at radius 1 is 1.24 bits per heavy atom. The van der Waals surface area contributed by atoms with E-state index in [2.05, 4.69) is 15.1 Å². The Hall–Kier alpha value is -2.99. The van der Waals surface area contributed by atoms with Gasteiger partial charge in [-0.3, -0.25) is 4.99 Å². The molecule has 0 unspecified atom stereocenters. The first-order valence-corrected chi connectivity index (χ1v) is 8.01. The molecular formula is C19H20N4O2. The Bertz CT molecular complexity index is 879. The Morgan fingerprint density at radius 3 is 2.64 bits per heavy atom. The lowest BCUT2D eigenvalue weighted by molar-refractivity contribution is 0.299. The van der Waals surface area contributed by atoms with Crippen LogP contribution in [0.15, 0.2) is 46.0 Å². The van der Waals surface area contributed by atoms with Gasteiger partial charge in [0.1, 0.15) is 17.3 Å². The van der Waals surface area contributed by atoms with Crippen molar-refractivity contribution in [2.75, 3.05) is 12.3 Å². The van der Waals surface area contributed by atoms with Crippen LogP contribution in [0.1, 0.15) is 22.6 Å². The molecule has 6 heteroatoms. The second kappa shape index (κ2) is 7.27. The minimum atomic E-state index is 0.143. The van der Waals surface area contributed by atoms with Gasteiger partial charge in [0.15, 0.2) is 0 Å². The monoisotopic (exact) mass is 336 g/mol. The molecule has 25 heavy (non-hydrogen) atoms. The summed E-state index contributed by atoms with van der Waals surface area (Å²) in [6, 6.07) is 9.73. The molecule has 0 amide bonds. The molecule has 0 aliphatic rings. The van der Waals surface area contributed by atoms with Crippen LogP contribution in [0.25, 0.3) is 11.1 Å². The highest BCUT2D eigenvalue weighted by Crippen LogP contribution is 2.31. The van der Waals surface area contributed by atoms with Crippen LogP contribution in [0.5, 0.6) is 0 Å². The van der Waals surface area contributed by atoms with Crippen molar-refractivity contribution >= 4 is 17.7 Å². The number of anilines is 1. The van der Waals surface area contributed by atoms with Gasteiger partial charge in [0, 0.05) is 30.1 Å². The number of aromatic nitrogens is 2. The molecule has 0 saturated carbocycles. The van der Waals surface area contributed by atoms with Gasteiger partial charge in [-0.2, -0.15) is 0 Å². The molecule has 0 atom stereocenters. The first kappa shape index (κ1) is 16.9. The fraction of sp³-hybridized carbons (Fsp3) is 0.211. The van der Waals surface area contributed by atoms with Gasteiger partial charge in [-0.1, -0.05) is 29.4 Å². The van der Waals surface area contributed by atoms with Gasteiger partial charge in [-0.25, -0.2) is 4.98 Å². The highest BCUT2D eigenvalue weighted by Gasteiger charge is 2.13. The number of benzene rings is 1. The Morgan fingerprint density at radius 2 is 2.00 bits per heavy atom. The number of aliphatic hydroxyl groups excluding tert-OH is 1. The smallest absolute Gasteiger partial charge is 0.149 e. The molecule has 3 aromatic rings. The summed E-state index contributed by atoms with van der Waals surface area (Å²) in [4.78, 5) is 8.70. The van der Waals surface area contributed by atoms with Crippen LogP contribution in [0.3, 0.4) is 0 Å². The number of nitrogen functional groups attached to an aromatic ring is 1. The number of aliphatic hydroxyl groups is 1. The van der Waals surface area contributed by atoms with E-state index in [1.807, 2.05) is 44.2 Å². The molecule has 0 aliphatic carbocycles. The van der Waals surface area contributed by atoms with Gasteiger partial charge in [-0.15, -0.1) is 0 Å². The van der Waals surface area contributed by atoms with Gasteiger partial charge < -0.3 is 15.4 Å². The number of nitrogens with zero attached hydrogens (tertiary/aromatic N) is 3. The fourth-order valence-electron chi connectivity index (χ4n) is 2.64. The third-order valence-corrected chi connectivity index (χ3v) is 3.95. The van der Waals surface area contributed by atoms with Crippen LogP contribution >= 0.6 is 0 Å². The van der Waals surface area contributed by atoms with Gasteiger partial charge in [0.25, 0.3) is 0 Å². The van der Waals surface area contributed by atoms with Gasteiger partial charge >= 0.3 is 0 Å². The van der Waals surface area contributed by atoms with Crippen LogP contribution in [-0.2, 0) is 6.42 Å². The molecule has 0 saturated heterocycles. The lowest BCUT2D eigenvalue weighted by Crippen LogP contribution is -1.93. The number of hydrogen-bond acceptors (Lipinski definition) is 6. The predicted molar refractivity (Wildman–Crippen MR) is 98.1 cm³/mol. The van der Waals surface area contributed by atoms with Crippen molar-refractivity contribution in [3.05, 3.63) is 59.1 Å². The minimum absolute atomic E-state index is 0.143. The topological polar surface area (TPSA) is 97.5 Å². The fourth-order valence-corrected chi connectivity index (χ4v) is 2.64. The number of pyridine rings is 1. The van der Waals surface area contributed by atoms with Crippen molar-refractivity contribution in [3.8, 4) is 11.1 Å². The largest absolute Gasteiger partial charge is 0.396 e. The summed E-state index contributed by atoms with van der Waals surface area (Å²) in [5, 5.41) is 12.9. The van der Waals surface area contributed by atoms with Crippen LogP contribution in [0, 0.1) is 13.8 Å². The van der Waals surface area contributed by atoms with E-state index in [1.54, 1.807) is 12.4 Å². The molecule has 0 spiro atoms. The Balaban J connectivity index is 1.88. The number of rotatable bonds is 5. The molecule has 0 aliphatic heterocycles. The molecule has 2 aromatic heterocycles. The maximum absolute atomic E-state index is 8.96. The van der Waals surface area contributed by atoms with Crippen molar-refractivity contribution in [2.24, 2.45) is 4.99 Å². The molecule has 128 valence electrons. The first-order valence-electron chi connectivity index (χ1n) is 8.01. The highest BCUT2D eigenvalue weighted by molar-refractivity contribution is 5.84. The summed E-state index contributed by atoms with van der Waals surface area (Å²) in [6.07, 6.45) is 4.09. The minimum Gasteiger partial charge on any atom is -0.396 e. The van der Waals surface area contributed by atoms with Gasteiger partial charge in [-0.05, 0) is 37.5 Å². The van der Waals surface area contributed by atoms with E-state index in [0.717, 1.165) is 33.7 Å². The number of hydrogen-bond donors (Lipinski definition) is 2. The SMILES string of the molecule is Cc1noc(C)c1-c1cnc(N)c(N=Cc2ccc(CCO)cc2)c1. The lowest BCUT2D eigenvalue weighted by Gasteiger charge is -2.04. The normalized spacial score (nSPS) is 11.3. The van der Waals surface area contributed by atoms with E-state index in [1.165, 1.54) is 0 Å². The molecule has 3 rings (SSSR count). The maximum Gasteiger partial charge on any atom is 0.149 e. The number of nitrogens with two attached hydrogens (primary N) is 1. The van der Waals surface area contributed by atoms with Gasteiger partial charge in [0.05, 0.1) is 5.69 Å². The van der Waals surface area contributed by atoms with Crippen LogP contribution in [0.4, 0.5) is 11.5 Å². The highest BCUT2D eigenvalue weighted by atomic mass is 16.5. The van der Waals surface area contributed by atoms with E-state index >= 15 is 0 Å². The second-order valence-electron chi connectivity index (χ2n) is 5.80. The summed E-state index contributed by atoms with van der Waals surface area (Å²) in [5.41, 5.74) is 11.2. The molecule has 0 fully saturated rings. The van der Waals surface area contributed by atoms with E-state index in [0.29, 0.717) is 17.9 Å². The quantitative estimate of drug-likeness (QED) is 0.697. The lowest BCUT2D eigenvalue weighted by atomic mass is 10.1. The second-order valence-corrected chi connectivity index (χ2v) is 5.80. The standard InChI is InChI=1S/C19H20N4O2/c1-12-18(13(2)25-23-12)16-9-17(19(20)22-11-16)21-10-15-5-3-14(4-6-15)7-8-24/h3-6,9-11,24H,7-8H2,1-2H3,(H2,20,22). The summed E-state index contributed by atoms with van der Waals surface area (Å²) >= 11 is 0. The van der Waals surface area contributed by atoms with Crippen LogP contribution < -0.4 is 5.73 Å². The zero-order chi connectivity index (χ0) is 17.8. The number of aliphatic imine (C=N–C) groups is 1. The van der Waals surface area contributed by atoms with Crippen LogP contribution in [0.2, 0.25) is 0 Å². The van der Waals surface area contributed by atoms with E-state index in [-0.39, 0.29) is 6.61 Å². The van der Waals surface area contributed by atoms with Gasteiger partial charge in [0.2, 0.25) is 0 Å². The first-order chi connectivity index (χ1) is 12.1. The van der Waals surface area contributed by atoms with E-state index in [9.17, 15) is 0 Å². The average Bonchev–Trinajstić information content (AvgIpc) is 2.95. The van der Waals surface area contributed by atoms with Crippen LogP contribution in [-0.4, -0.2) is 28.1 Å². The summed E-state index contributed by atoms with van der Waals surface area (Å²) in [7, 11) is 0. The Kier molecular flexibility index (Phi) is 4.90. The predicted octanol–water partition coefficient (Wildman–Crippen LogP) is 3.22. The molecule has 2 heterocycles. The molecular weight excluding hydrogens is 316 g/mol. The van der Waals surface area contributed by atoms with E-state index < -0.39 is 0 Å². The summed E-state index contributed by atoms with van der Waals surface area (Å²) in [5.74, 6) is 1.10. The van der Waals surface area contributed by atoms with Crippen molar-refractivity contribution in [1.29, 1.82) is 0 Å². The molecule has 0 bridgehead atoms. The zero-order valence-electron chi connectivity index (χ0n) is 14.2. The van der Waals surface area contributed by atoms with Crippen molar-refractivity contribution in [3.63, 3.8) is 0 Å². The maximum atomic E-state index is 8.96.